The number of benzene rings is 1. The van der Waals surface area contributed by atoms with Gasteiger partial charge in [0.2, 0.25) is 0 Å². The zero-order valence-electron chi connectivity index (χ0n) is 12.4. The van der Waals surface area contributed by atoms with E-state index in [-0.39, 0.29) is 6.61 Å². The Morgan fingerprint density at radius 2 is 1.63 bits per heavy atom. The van der Waals surface area contributed by atoms with E-state index in [0.29, 0.717) is 5.54 Å². The predicted molar refractivity (Wildman–Crippen MR) is 79.0 cm³/mol. The number of likely N-dealkylation sites (N-methyl/N-ethyl adjacent to an activating group) is 2. The Morgan fingerprint density at radius 3 is 2.05 bits per heavy atom. The van der Waals surface area contributed by atoms with E-state index in [4.69, 9.17) is 5.11 Å². The van der Waals surface area contributed by atoms with Crippen LogP contribution in [0.4, 0.5) is 0 Å². The van der Waals surface area contributed by atoms with Gasteiger partial charge in [-0.25, -0.2) is 0 Å². The third kappa shape index (κ3) is 3.35. The topological polar surface area (TPSA) is 26.7 Å². The number of hydrogen-bond donors (Lipinski definition) is 1. The van der Waals surface area contributed by atoms with Crippen LogP contribution in [0.2, 0.25) is 0 Å². The number of rotatable bonds is 6. The summed E-state index contributed by atoms with van der Waals surface area (Å²) >= 11 is 0. The Bertz CT molecular complexity index is 396. The average molecular weight is 262 g/mol. The van der Waals surface area contributed by atoms with Gasteiger partial charge in [-0.15, -0.1) is 0 Å². The zero-order valence-corrected chi connectivity index (χ0v) is 12.4. The van der Waals surface area contributed by atoms with E-state index in [2.05, 4.69) is 43.1 Å². The summed E-state index contributed by atoms with van der Waals surface area (Å²) in [4.78, 5) is 4.80. The number of aliphatic hydroxyl groups is 1. The molecule has 0 atom stereocenters. The van der Waals surface area contributed by atoms with E-state index in [1.807, 2.05) is 12.1 Å². The summed E-state index contributed by atoms with van der Waals surface area (Å²) in [6, 6.07) is 8.25. The van der Waals surface area contributed by atoms with E-state index in [1.165, 1.54) is 24.8 Å². The lowest BCUT2D eigenvalue weighted by Crippen LogP contribution is -2.56. The van der Waals surface area contributed by atoms with E-state index in [1.54, 1.807) is 0 Å². The van der Waals surface area contributed by atoms with Gasteiger partial charge in [0.15, 0.2) is 0 Å². The number of aliphatic hydroxyl groups excluding tert-OH is 1. The van der Waals surface area contributed by atoms with Crippen LogP contribution in [0.5, 0.6) is 0 Å². The van der Waals surface area contributed by atoms with E-state index >= 15 is 0 Å². The van der Waals surface area contributed by atoms with Gasteiger partial charge in [-0.3, -0.25) is 0 Å². The first-order valence-electron chi connectivity index (χ1n) is 7.10. The van der Waals surface area contributed by atoms with Crippen molar-refractivity contribution in [2.75, 3.05) is 27.7 Å². The summed E-state index contributed by atoms with van der Waals surface area (Å²) in [7, 11) is 6.59. The first kappa shape index (κ1) is 14.5. The Balaban J connectivity index is 1.91. The Morgan fingerprint density at radius 1 is 1.05 bits per heavy atom. The maximum atomic E-state index is 9.05. The molecule has 1 aliphatic rings. The van der Waals surface area contributed by atoms with Gasteiger partial charge < -0.3 is 14.9 Å². The largest absolute Gasteiger partial charge is 0.392 e. The summed E-state index contributed by atoms with van der Waals surface area (Å²) in [5.41, 5.74) is 2.68. The molecule has 1 saturated carbocycles. The molecule has 0 amide bonds. The zero-order chi connectivity index (χ0) is 13.9. The molecule has 0 radical (unpaired) electrons. The summed E-state index contributed by atoms with van der Waals surface area (Å²) in [6.07, 6.45) is 3.98. The molecule has 1 aromatic carbocycles. The van der Waals surface area contributed by atoms with Crippen LogP contribution >= 0.6 is 0 Å². The highest BCUT2D eigenvalue weighted by Gasteiger charge is 2.39. The van der Waals surface area contributed by atoms with Crippen molar-refractivity contribution in [3.8, 4) is 0 Å². The maximum Gasteiger partial charge on any atom is 0.0681 e. The molecule has 0 unspecified atom stereocenters. The molecule has 2 rings (SSSR count). The lowest BCUT2D eigenvalue weighted by atomic mass is 9.75. The van der Waals surface area contributed by atoms with Gasteiger partial charge in [0, 0.05) is 18.6 Å². The second-order valence-corrected chi connectivity index (χ2v) is 6.12. The Hall–Kier alpha value is -0.900. The van der Waals surface area contributed by atoms with Gasteiger partial charge in [0.25, 0.3) is 0 Å². The summed E-state index contributed by atoms with van der Waals surface area (Å²) in [5.74, 6) is 0. The second-order valence-electron chi connectivity index (χ2n) is 6.12. The van der Waals surface area contributed by atoms with Gasteiger partial charge in [0.05, 0.1) is 6.61 Å². The van der Waals surface area contributed by atoms with Gasteiger partial charge in [-0.1, -0.05) is 24.3 Å². The first-order valence-corrected chi connectivity index (χ1v) is 7.10. The van der Waals surface area contributed by atoms with E-state index < -0.39 is 0 Å². The molecule has 1 aromatic rings. The summed E-state index contributed by atoms with van der Waals surface area (Å²) in [5, 5.41) is 9.05. The van der Waals surface area contributed by atoms with Crippen molar-refractivity contribution in [2.24, 2.45) is 0 Å². The van der Waals surface area contributed by atoms with Gasteiger partial charge in [-0.2, -0.15) is 0 Å². The van der Waals surface area contributed by atoms with Crippen molar-refractivity contribution < 1.29 is 5.11 Å². The fraction of sp³-hybridized carbons (Fsp3) is 0.625. The molecule has 1 N–H and O–H groups in total. The number of hydrogen-bond acceptors (Lipinski definition) is 3. The molecule has 106 valence electrons. The van der Waals surface area contributed by atoms with Gasteiger partial charge in [-0.05, 0) is 51.5 Å². The highest BCUT2D eigenvalue weighted by Crippen LogP contribution is 2.36. The normalized spacial score (nSPS) is 17.8. The molecule has 0 bridgehead atoms. The molecule has 0 saturated heterocycles. The van der Waals surface area contributed by atoms with E-state index in [0.717, 1.165) is 18.7 Å². The maximum absolute atomic E-state index is 9.05. The molecular formula is C16H26N2O. The van der Waals surface area contributed by atoms with Gasteiger partial charge >= 0.3 is 0 Å². The lowest BCUT2D eigenvalue weighted by Gasteiger charge is -2.49. The van der Waals surface area contributed by atoms with Crippen molar-refractivity contribution in [1.82, 2.24) is 9.80 Å². The van der Waals surface area contributed by atoms with Crippen molar-refractivity contribution in [3.05, 3.63) is 35.4 Å². The molecule has 0 spiro atoms. The molecule has 3 heteroatoms. The molecule has 0 heterocycles. The van der Waals surface area contributed by atoms with Crippen LogP contribution in [0.3, 0.4) is 0 Å². The Kier molecular flexibility index (Phi) is 4.61. The Labute approximate surface area is 116 Å². The molecule has 3 nitrogen and oxygen atoms in total. The van der Waals surface area contributed by atoms with E-state index in [9.17, 15) is 0 Å². The van der Waals surface area contributed by atoms with Crippen molar-refractivity contribution in [2.45, 2.75) is 38.0 Å². The smallest absolute Gasteiger partial charge is 0.0681 e. The van der Waals surface area contributed by atoms with Crippen LogP contribution in [-0.4, -0.2) is 48.1 Å². The SMILES string of the molecule is CN(Cc1ccc(CO)cc1)CC1(N(C)C)CCC1. The fourth-order valence-electron chi connectivity index (χ4n) is 2.95. The lowest BCUT2D eigenvalue weighted by molar-refractivity contribution is 0.0259. The second kappa shape index (κ2) is 6.04. The molecule has 19 heavy (non-hydrogen) atoms. The van der Waals surface area contributed by atoms with Gasteiger partial charge in [0.1, 0.15) is 0 Å². The fourth-order valence-corrected chi connectivity index (χ4v) is 2.95. The molecule has 1 fully saturated rings. The average Bonchev–Trinajstić information content (AvgIpc) is 2.34. The van der Waals surface area contributed by atoms with Crippen LogP contribution in [0, 0.1) is 0 Å². The number of nitrogens with zero attached hydrogens (tertiary/aromatic N) is 2. The van der Waals surface area contributed by atoms with Crippen LogP contribution in [0.25, 0.3) is 0 Å². The minimum atomic E-state index is 0.125. The third-order valence-corrected chi connectivity index (χ3v) is 4.46. The molecule has 1 aliphatic carbocycles. The highest BCUT2D eigenvalue weighted by molar-refractivity contribution is 5.21. The van der Waals surface area contributed by atoms with Crippen LogP contribution in [0.1, 0.15) is 30.4 Å². The standard InChI is InChI=1S/C16H26N2O/c1-17(2)16(9-4-10-16)13-18(3)11-14-5-7-15(12-19)8-6-14/h5-8,19H,4,9-13H2,1-3H3. The monoisotopic (exact) mass is 262 g/mol. The third-order valence-electron chi connectivity index (χ3n) is 4.46. The molecular weight excluding hydrogens is 236 g/mol. The van der Waals surface area contributed by atoms with Crippen LogP contribution in [0.15, 0.2) is 24.3 Å². The first-order chi connectivity index (χ1) is 9.05. The summed E-state index contributed by atoms with van der Waals surface area (Å²) < 4.78 is 0. The van der Waals surface area contributed by atoms with Crippen molar-refractivity contribution >= 4 is 0 Å². The minimum Gasteiger partial charge on any atom is -0.392 e. The van der Waals surface area contributed by atoms with Crippen LogP contribution < -0.4 is 0 Å². The van der Waals surface area contributed by atoms with Crippen molar-refractivity contribution in [3.63, 3.8) is 0 Å². The quantitative estimate of drug-likeness (QED) is 0.850. The highest BCUT2D eigenvalue weighted by atomic mass is 16.3. The van der Waals surface area contributed by atoms with Crippen LogP contribution in [-0.2, 0) is 13.2 Å². The predicted octanol–water partition coefficient (Wildman–Crippen LogP) is 2.10. The molecule has 0 aliphatic heterocycles. The summed E-state index contributed by atoms with van der Waals surface area (Å²) in [6.45, 7) is 2.23. The minimum absolute atomic E-state index is 0.125. The molecule has 0 aromatic heterocycles. The van der Waals surface area contributed by atoms with Crippen molar-refractivity contribution in [1.29, 1.82) is 0 Å².